The molecule has 2 rings (SSSR count). The first-order chi connectivity index (χ1) is 6.77. The third-order valence-electron chi connectivity index (χ3n) is 2.04. The Morgan fingerprint density at radius 1 is 1.57 bits per heavy atom. The molecule has 0 fully saturated rings. The lowest BCUT2D eigenvalue weighted by Crippen LogP contribution is -1.93. The van der Waals surface area contributed by atoms with Gasteiger partial charge >= 0.3 is 0 Å². The van der Waals surface area contributed by atoms with E-state index in [9.17, 15) is 4.79 Å². The average Bonchev–Trinajstić information content (AvgIpc) is 2.65. The maximum Gasteiger partial charge on any atom is 0.150 e. The number of carbonyl (C=O) groups excluding carboxylic acids is 1. The number of hydrogen-bond donors (Lipinski definition) is 1. The van der Waals surface area contributed by atoms with Crippen LogP contribution in [0.2, 0.25) is 0 Å². The van der Waals surface area contributed by atoms with Crippen molar-refractivity contribution in [1.82, 2.24) is 0 Å². The Labute approximate surface area is 84.4 Å². The van der Waals surface area contributed by atoms with Crippen LogP contribution >= 0.6 is 11.3 Å². The van der Waals surface area contributed by atoms with E-state index in [2.05, 4.69) is 0 Å². The summed E-state index contributed by atoms with van der Waals surface area (Å²) in [5.74, 6) is 0. The summed E-state index contributed by atoms with van der Waals surface area (Å²) in [5.41, 5.74) is 7.02. The summed E-state index contributed by atoms with van der Waals surface area (Å²) in [4.78, 5) is 10.7. The van der Waals surface area contributed by atoms with Crippen LogP contribution in [-0.2, 0) is 0 Å². The van der Waals surface area contributed by atoms with Crippen molar-refractivity contribution >= 4 is 33.4 Å². The van der Waals surface area contributed by atoms with E-state index in [4.69, 9.17) is 11.0 Å². The van der Waals surface area contributed by atoms with E-state index in [1.807, 2.05) is 17.5 Å². The van der Waals surface area contributed by atoms with Crippen LogP contribution in [-0.4, -0.2) is 6.29 Å². The van der Waals surface area contributed by atoms with Crippen molar-refractivity contribution in [1.29, 1.82) is 5.26 Å². The van der Waals surface area contributed by atoms with Gasteiger partial charge in [0.15, 0.2) is 6.29 Å². The lowest BCUT2D eigenvalue weighted by atomic mass is 10.1. The van der Waals surface area contributed by atoms with Crippen LogP contribution in [0.25, 0.3) is 10.1 Å². The number of aldehydes is 1. The number of benzene rings is 1. The first-order valence-corrected chi connectivity index (χ1v) is 4.81. The van der Waals surface area contributed by atoms with Crippen molar-refractivity contribution in [3.05, 3.63) is 28.6 Å². The normalized spacial score (nSPS) is 9.93. The quantitative estimate of drug-likeness (QED) is 0.569. The van der Waals surface area contributed by atoms with Crippen LogP contribution in [0.15, 0.2) is 17.5 Å². The summed E-state index contributed by atoms with van der Waals surface area (Å²) >= 11 is 1.42. The van der Waals surface area contributed by atoms with Crippen LogP contribution in [0.1, 0.15) is 15.9 Å². The van der Waals surface area contributed by atoms with Gasteiger partial charge in [-0.05, 0) is 17.5 Å². The molecule has 0 spiro atoms. The minimum atomic E-state index is 0.365. The summed E-state index contributed by atoms with van der Waals surface area (Å²) < 4.78 is 0.787. The van der Waals surface area contributed by atoms with Crippen molar-refractivity contribution in [3.63, 3.8) is 0 Å². The molecule has 3 nitrogen and oxygen atoms in total. The number of nitrogen functional groups attached to an aromatic ring is 1. The fraction of sp³-hybridized carbons (Fsp3) is 0. The summed E-state index contributed by atoms with van der Waals surface area (Å²) in [7, 11) is 0. The van der Waals surface area contributed by atoms with Gasteiger partial charge in [-0.15, -0.1) is 11.3 Å². The minimum absolute atomic E-state index is 0.365. The third kappa shape index (κ3) is 1.07. The Balaban J connectivity index is 2.97. The van der Waals surface area contributed by atoms with Gasteiger partial charge < -0.3 is 5.73 Å². The third-order valence-corrected chi connectivity index (χ3v) is 2.97. The van der Waals surface area contributed by atoms with Crippen molar-refractivity contribution in [2.45, 2.75) is 0 Å². The largest absolute Gasteiger partial charge is 0.398 e. The number of carbonyl (C=O) groups is 1. The second-order valence-electron chi connectivity index (χ2n) is 2.82. The lowest BCUT2D eigenvalue weighted by Gasteiger charge is -2.01. The lowest BCUT2D eigenvalue weighted by molar-refractivity contribution is 0.112. The number of nitrogens with two attached hydrogens (primary N) is 1. The molecule has 0 amide bonds. The predicted molar refractivity (Wildman–Crippen MR) is 56.3 cm³/mol. The molecule has 2 aromatic rings. The molecule has 0 saturated heterocycles. The zero-order valence-electron chi connectivity index (χ0n) is 7.15. The van der Waals surface area contributed by atoms with Crippen LogP contribution < -0.4 is 5.73 Å². The molecule has 4 heteroatoms. The highest BCUT2D eigenvalue weighted by atomic mass is 32.1. The summed E-state index contributed by atoms with van der Waals surface area (Å²) in [6, 6.07) is 5.41. The number of nitriles is 1. The van der Waals surface area contributed by atoms with Crippen LogP contribution in [0, 0.1) is 11.3 Å². The topological polar surface area (TPSA) is 66.9 Å². The van der Waals surface area contributed by atoms with Gasteiger partial charge in [-0.2, -0.15) is 5.26 Å². The zero-order chi connectivity index (χ0) is 10.1. The maximum absolute atomic E-state index is 10.7. The average molecular weight is 202 g/mol. The fourth-order valence-corrected chi connectivity index (χ4v) is 2.33. The molecule has 14 heavy (non-hydrogen) atoms. The number of hydrogen-bond acceptors (Lipinski definition) is 4. The molecule has 0 radical (unpaired) electrons. The van der Waals surface area contributed by atoms with Crippen molar-refractivity contribution in [2.24, 2.45) is 0 Å². The summed E-state index contributed by atoms with van der Waals surface area (Å²) in [5, 5.41) is 11.5. The summed E-state index contributed by atoms with van der Waals surface area (Å²) in [6.07, 6.45) is 0.757. The standard InChI is InChI=1S/C10H6N2OS/c11-4-8-9(12)3-6(5-13)7-1-2-14-10(7)8/h1-3,5H,12H2. The van der Waals surface area contributed by atoms with Gasteiger partial charge in [0.05, 0.1) is 16.0 Å². The molecule has 0 unspecified atom stereocenters. The Bertz CT molecular complexity index is 551. The van der Waals surface area contributed by atoms with Gasteiger partial charge in [-0.3, -0.25) is 4.79 Å². The van der Waals surface area contributed by atoms with E-state index < -0.39 is 0 Å². The van der Waals surface area contributed by atoms with Gasteiger partial charge in [0.1, 0.15) is 6.07 Å². The molecule has 1 aromatic carbocycles. The Morgan fingerprint density at radius 3 is 3.00 bits per heavy atom. The van der Waals surface area contributed by atoms with Crippen molar-refractivity contribution in [3.8, 4) is 6.07 Å². The van der Waals surface area contributed by atoms with Gasteiger partial charge in [-0.25, -0.2) is 0 Å². The molecule has 0 aliphatic carbocycles. The SMILES string of the molecule is N#Cc1c(N)cc(C=O)c2ccsc12. The molecule has 0 aliphatic rings. The maximum atomic E-state index is 10.7. The van der Waals surface area contributed by atoms with E-state index >= 15 is 0 Å². The van der Waals surface area contributed by atoms with E-state index in [-0.39, 0.29) is 0 Å². The second-order valence-corrected chi connectivity index (χ2v) is 3.74. The zero-order valence-corrected chi connectivity index (χ0v) is 7.97. The number of thiophene rings is 1. The van der Waals surface area contributed by atoms with E-state index in [0.717, 1.165) is 16.4 Å². The number of anilines is 1. The van der Waals surface area contributed by atoms with Gasteiger partial charge in [0.2, 0.25) is 0 Å². The highest BCUT2D eigenvalue weighted by Crippen LogP contribution is 2.30. The molecule has 2 N–H and O–H groups in total. The van der Waals surface area contributed by atoms with Crippen LogP contribution in [0.5, 0.6) is 0 Å². The molecule has 1 aromatic heterocycles. The second kappa shape index (κ2) is 3.13. The first kappa shape index (κ1) is 8.73. The van der Waals surface area contributed by atoms with E-state index in [1.165, 1.54) is 11.3 Å². The molecule has 1 heterocycles. The van der Waals surface area contributed by atoms with Crippen LogP contribution in [0.3, 0.4) is 0 Å². The molecule has 0 bridgehead atoms. The fourth-order valence-electron chi connectivity index (χ4n) is 1.39. The van der Waals surface area contributed by atoms with Crippen molar-refractivity contribution in [2.75, 3.05) is 5.73 Å². The van der Waals surface area contributed by atoms with E-state index in [0.29, 0.717) is 16.8 Å². The van der Waals surface area contributed by atoms with Crippen molar-refractivity contribution < 1.29 is 4.79 Å². The highest BCUT2D eigenvalue weighted by Gasteiger charge is 2.10. The highest BCUT2D eigenvalue weighted by molar-refractivity contribution is 7.17. The first-order valence-electron chi connectivity index (χ1n) is 3.93. The molecule has 0 atom stereocenters. The Kier molecular flexibility index (Phi) is 1.95. The minimum Gasteiger partial charge on any atom is -0.398 e. The van der Waals surface area contributed by atoms with Gasteiger partial charge in [0, 0.05) is 10.9 Å². The van der Waals surface area contributed by atoms with Gasteiger partial charge in [-0.1, -0.05) is 0 Å². The monoisotopic (exact) mass is 202 g/mol. The number of fused-ring (bicyclic) bond motifs is 1. The van der Waals surface area contributed by atoms with E-state index in [1.54, 1.807) is 6.07 Å². The molecular weight excluding hydrogens is 196 g/mol. The molecule has 68 valence electrons. The number of rotatable bonds is 1. The Hall–Kier alpha value is -1.86. The molecule has 0 saturated carbocycles. The van der Waals surface area contributed by atoms with Gasteiger partial charge in [0.25, 0.3) is 0 Å². The number of nitrogens with zero attached hydrogens (tertiary/aromatic N) is 1. The molecular formula is C10H6N2OS. The smallest absolute Gasteiger partial charge is 0.150 e. The molecule has 0 aliphatic heterocycles. The Morgan fingerprint density at radius 2 is 2.36 bits per heavy atom. The predicted octanol–water partition coefficient (Wildman–Crippen LogP) is 2.17. The summed E-state index contributed by atoms with van der Waals surface area (Å²) in [6.45, 7) is 0. The van der Waals surface area contributed by atoms with Crippen LogP contribution in [0.4, 0.5) is 5.69 Å².